The number of carbonyl (C=O) groups is 2. The third-order valence-corrected chi connectivity index (χ3v) is 2.12. The number of hydrogen-bond acceptors (Lipinski definition) is 3. The number of carboxylic acids is 1. The minimum Gasteiger partial charge on any atom is -0.480 e. The molecule has 0 saturated carbocycles. The van der Waals surface area contributed by atoms with Crippen LogP contribution in [0.3, 0.4) is 0 Å². The molecule has 0 aliphatic heterocycles. The lowest BCUT2D eigenvalue weighted by molar-refractivity contribution is -0.138. The van der Waals surface area contributed by atoms with E-state index in [1.807, 2.05) is 5.32 Å². The van der Waals surface area contributed by atoms with Crippen LogP contribution < -0.4 is 10.1 Å². The molecule has 5 nitrogen and oxygen atoms in total. The summed E-state index contributed by atoms with van der Waals surface area (Å²) < 4.78 is 41.1. The second kappa shape index (κ2) is 6.07. The molecule has 1 amide bonds. The minimum atomic E-state index is -3.23. The van der Waals surface area contributed by atoms with Crippen molar-refractivity contribution in [2.75, 3.05) is 0 Å². The second-order valence-electron chi connectivity index (χ2n) is 3.55. The van der Waals surface area contributed by atoms with Gasteiger partial charge in [0.1, 0.15) is 17.6 Å². The van der Waals surface area contributed by atoms with Gasteiger partial charge in [0.25, 0.3) is 5.91 Å². The Morgan fingerprint density at radius 2 is 2.00 bits per heavy atom. The number of nitrogens with one attached hydrogen (secondary N) is 1. The van der Waals surface area contributed by atoms with Crippen LogP contribution >= 0.6 is 0 Å². The van der Waals surface area contributed by atoms with Crippen molar-refractivity contribution in [2.24, 2.45) is 0 Å². The molecule has 1 rings (SSSR count). The molecule has 0 radical (unpaired) electrons. The van der Waals surface area contributed by atoms with E-state index in [1.165, 1.54) is 6.92 Å². The lowest BCUT2D eigenvalue weighted by Gasteiger charge is -2.13. The molecule has 1 aromatic rings. The molecule has 8 heteroatoms. The first-order valence-corrected chi connectivity index (χ1v) is 5.09. The summed E-state index contributed by atoms with van der Waals surface area (Å²) in [6.45, 7) is -2.04. The molecule has 0 saturated heterocycles. The van der Waals surface area contributed by atoms with E-state index in [1.54, 1.807) is 0 Å². The predicted molar refractivity (Wildman–Crippen MR) is 57.6 cm³/mol. The van der Waals surface area contributed by atoms with E-state index in [9.17, 15) is 22.8 Å². The number of halogens is 3. The molecule has 0 aromatic heterocycles. The zero-order chi connectivity index (χ0) is 14.6. The number of carbonyl (C=O) groups excluding carboxylic acids is 1. The van der Waals surface area contributed by atoms with E-state index in [-0.39, 0.29) is 5.56 Å². The molecular weight excluding hydrogens is 267 g/mol. The van der Waals surface area contributed by atoms with E-state index in [0.717, 1.165) is 12.1 Å². The summed E-state index contributed by atoms with van der Waals surface area (Å²) >= 11 is 0. The van der Waals surface area contributed by atoms with Crippen LogP contribution in [0.1, 0.15) is 17.3 Å². The zero-order valence-electron chi connectivity index (χ0n) is 9.69. The summed E-state index contributed by atoms with van der Waals surface area (Å²) in [6, 6.07) is 1.19. The summed E-state index contributed by atoms with van der Waals surface area (Å²) in [5.74, 6) is -3.78. The van der Waals surface area contributed by atoms with Gasteiger partial charge in [0, 0.05) is 6.07 Å². The SMILES string of the molecule is C[C@@H](NC(=O)c1ccc(F)cc1OC(F)F)C(=O)O. The topological polar surface area (TPSA) is 75.6 Å². The third kappa shape index (κ3) is 4.16. The van der Waals surface area contributed by atoms with E-state index in [2.05, 4.69) is 4.74 Å². The van der Waals surface area contributed by atoms with Crippen molar-refractivity contribution in [3.05, 3.63) is 29.6 Å². The fourth-order valence-electron chi connectivity index (χ4n) is 1.21. The highest BCUT2D eigenvalue weighted by Crippen LogP contribution is 2.22. The monoisotopic (exact) mass is 277 g/mol. The molecule has 2 N–H and O–H groups in total. The molecule has 1 atom stereocenters. The van der Waals surface area contributed by atoms with Gasteiger partial charge in [0.15, 0.2) is 0 Å². The Balaban J connectivity index is 2.98. The first-order chi connectivity index (χ1) is 8.81. The minimum absolute atomic E-state index is 0.380. The lowest BCUT2D eigenvalue weighted by atomic mass is 10.1. The van der Waals surface area contributed by atoms with Gasteiger partial charge in [-0.2, -0.15) is 8.78 Å². The molecule has 1 aromatic carbocycles. The largest absolute Gasteiger partial charge is 0.480 e. The van der Waals surface area contributed by atoms with Gasteiger partial charge in [-0.25, -0.2) is 4.39 Å². The Bertz CT molecular complexity index is 493. The van der Waals surface area contributed by atoms with Crippen LogP contribution in [0.15, 0.2) is 18.2 Å². The first-order valence-electron chi connectivity index (χ1n) is 5.09. The van der Waals surface area contributed by atoms with E-state index >= 15 is 0 Å². The van der Waals surface area contributed by atoms with Crippen molar-refractivity contribution in [2.45, 2.75) is 19.6 Å². The molecule has 0 unspecified atom stereocenters. The van der Waals surface area contributed by atoms with Gasteiger partial charge in [-0.3, -0.25) is 9.59 Å². The molecule has 104 valence electrons. The van der Waals surface area contributed by atoms with Gasteiger partial charge in [-0.05, 0) is 19.1 Å². The van der Waals surface area contributed by atoms with E-state index < -0.39 is 36.1 Å². The Morgan fingerprint density at radius 1 is 1.37 bits per heavy atom. The van der Waals surface area contributed by atoms with Crippen LogP contribution in [0.4, 0.5) is 13.2 Å². The highest BCUT2D eigenvalue weighted by atomic mass is 19.3. The molecule has 0 aliphatic carbocycles. The molecule has 19 heavy (non-hydrogen) atoms. The first kappa shape index (κ1) is 14.8. The highest BCUT2D eigenvalue weighted by molar-refractivity contribution is 5.98. The zero-order valence-corrected chi connectivity index (χ0v) is 9.69. The third-order valence-electron chi connectivity index (χ3n) is 2.12. The standard InChI is InChI=1S/C11H10F3NO4/c1-5(10(17)18)15-9(16)7-3-2-6(12)4-8(7)19-11(13)14/h2-5,11H,1H3,(H,15,16)(H,17,18)/t5-/m1/s1. The average molecular weight is 277 g/mol. The maximum absolute atomic E-state index is 12.9. The Kier molecular flexibility index (Phi) is 4.74. The van der Waals surface area contributed by atoms with Gasteiger partial charge < -0.3 is 15.2 Å². The number of amides is 1. The van der Waals surface area contributed by atoms with Gasteiger partial charge in [-0.15, -0.1) is 0 Å². The van der Waals surface area contributed by atoms with Crippen LogP contribution in [-0.2, 0) is 4.79 Å². The number of hydrogen-bond donors (Lipinski definition) is 2. The van der Waals surface area contributed by atoms with Gasteiger partial charge in [0.2, 0.25) is 0 Å². The number of benzene rings is 1. The normalized spacial score (nSPS) is 12.1. The molecule has 0 aliphatic rings. The number of carboxylic acid groups (broad SMARTS) is 1. The van der Waals surface area contributed by atoms with E-state index in [0.29, 0.717) is 6.07 Å². The van der Waals surface area contributed by atoms with Crippen molar-refractivity contribution in [3.8, 4) is 5.75 Å². The van der Waals surface area contributed by atoms with Crippen molar-refractivity contribution < 1.29 is 32.6 Å². The number of ether oxygens (including phenoxy) is 1. The Morgan fingerprint density at radius 3 is 2.53 bits per heavy atom. The summed E-state index contributed by atoms with van der Waals surface area (Å²) in [6.07, 6.45) is 0. The number of aliphatic carboxylic acids is 1. The van der Waals surface area contributed by atoms with Crippen LogP contribution in [0.5, 0.6) is 5.75 Å². The van der Waals surface area contributed by atoms with Crippen molar-refractivity contribution in [3.63, 3.8) is 0 Å². The molecule has 0 bridgehead atoms. The quantitative estimate of drug-likeness (QED) is 0.857. The van der Waals surface area contributed by atoms with Gasteiger partial charge in [-0.1, -0.05) is 0 Å². The van der Waals surface area contributed by atoms with Crippen LogP contribution in [0, 0.1) is 5.82 Å². The maximum Gasteiger partial charge on any atom is 0.387 e. The van der Waals surface area contributed by atoms with Crippen molar-refractivity contribution in [1.82, 2.24) is 5.32 Å². The van der Waals surface area contributed by atoms with Crippen LogP contribution in [-0.4, -0.2) is 29.6 Å². The summed E-state index contributed by atoms with van der Waals surface area (Å²) in [7, 11) is 0. The van der Waals surface area contributed by atoms with Crippen LogP contribution in [0.2, 0.25) is 0 Å². The number of rotatable bonds is 5. The smallest absolute Gasteiger partial charge is 0.387 e. The summed E-state index contributed by atoms with van der Waals surface area (Å²) in [5, 5.41) is 10.7. The van der Waals surface area contributed by atoms with Crippen molar-refractivity contribution in [1.29, 1.82) is 0 Å². The molecule has 0 heterocycles. The fraction of sp³-hybridized carbons (Fsp3) is 0.273. The molecule has 0 fully saturated rings. The van der Waals surface area contributed by atoms with Crippen LogP contribution in [0.25, 0.3) is 0 Å². The Labute approximate surface area is 106 Å². The highest BCUT2D eigenvalue weighted by Gasteiger charge is 2.20. The lowest BCUT2D eigenvalue weighted by Crippen LogP contribution is -2.38. The van der Waals surface area contributed by atoms with Gasteiger partial charge >= 0.3 is 12.6 Å². The second-order valence-corrected chi connectivity index (χ2v) is 3.55. The molecular formula is C11H10F3NO4. The Hall–Kier alpha value is -2.25. The maximum atomic E-state index is 12.9. The fourth-order valence-corrected chi connectivity index (χ4v) is 1.21. The van der Waals surface area contributed by atoms with E-state index in [4.69, 9.17) is 5.11 Å². The molecule has 0 spiro atoms. The summed E-state index contributed by atoms with van der Waals surface area (Å²) in [5.41, 5.74) is -0.380. The average Bonchev–Trinajstić information content (AvgIpc) is 2.27. The van der Waals surface area contributed by atoms with Crippen molar-refractivity contribution >= 4 is 11.9 Å². The summed E-state index contributed by atoms with van der Waals surface area (Å²) in [4.78, 5) is 22.2. The van der Waals surface area contributed by atoms with Gasteiger partial charge in [0.05, 0.1) is 5.56 Å². The number of alkyl halides is 2. The predicted octanol–water partition coefficient (Wildman–Crippen LogP) is 1.63.